The second-order valence-electron chi connectivity index (χ2n) is 8.68. The van der Waals surface area contributed by atoms with Crippen LogP contribution < -0.4 is 10.1 Å². The van der Waals surface area contributed by atoms with Gasteiger partial charge in [0.15, 0.2) is 0 Å². The van der Waals surface area contributed by atoms with Crippen LogP contribution in [-0.4, -0.2) is 51.6 Å². The molecule has 33 heavy (non-hydrogen) atoms. The number of thiophene rings is 1. The maximum absolute atomic E-state index is 12.7. The Morgan fingerprint density at radius 3 is 2.64 bits per heavy atom. The van der Waals surface area contributed by atoms with Crippen LogP contribution in [0.4, 0.5) is 0 Å². The molecule has 3 amide bonds. The highest BCUT2D eigenvalue weighted by molar-refractivity contribution is 7.13. The molecule has 0 spiro atoms. The molecular weight excluding hydrogens is 440 g/mol. The number of carbonyl (C=O) groups is 3. The second-order valence-corrected chi connectivity index (χ2v) is 9.97. The van der Waals surface area contributed by atoms with Gasteiger partial charge in [-0.1, -0.05) is 12.1 Å². The Bertz CT molecular complexity index is 1240. The number of benzene rings is 1. The molecule has 2 fully saturated rings. The highest BCUT2D eigenvalue weighted by atomic mass is 32.1. The normalized spacial score (nSPS) is 19.7. The number of likely N-dealkylation sites (tertiary alicyclic amines) is 1. The summed E-state index contributed by atoms with van der Waals surface area (Å²) < 4.78 is 8.13. The number of hydrogen-bond donors (Lipinski definition) is 1. The van der Waals surface area contributed by atoms with Crippen molar-refractivity contribution in [2.24, 2.45) is 7.05 Å². The van der Waals surface area contributed by atoms with Gasteiger partial charge in [0.2, 0.25) is 11.8 Å². The zero-order chi connectivity index (χ0) is 23.1. The van der Waals surface area contributed by atoms with Gasteiger partial charge in [0.25, 0.3) is 5.91 Å². The van der Waals surface area contributed by atoms with E-state index in [0.717, 1.165) is 39.2 Å². The Labute approximate surface area is 195 Å². The van der Waals surface area contributed by atoms with Crippen molar-refractivity contribution in [3.05, 3.63) is 45.8 Å². The number of ether oxygens (including phenoxy) is 1. The van der Waals surface area contributed by atoms with Crippen molar-refractivity contribution >= 4 is 40.0 Å². The van der Waals surface area contributed by atoms with Crippen molar-refractivity contribution in [2.75, 3.05) is 13.1 Å². The number of amides is 3. The third-order valence-electron chi connectivity index (χ3n) is 6.40. The van der Waals surface area contributed by atoms with Crippen LogP contribution in [0.3, 0.4) is 0 Å². The van der Waals surface area contributed by atoms with E-state index in [0.29, 0.717) is 31.6 Å². The van der Waals surface area contributed by atoms with E-state index in [1.165, 1.54) is 11.3 Å². The van der Waals surface area contributed by atoms with Crippen molar-refractivity contribution in [2.45, 2.75) is 44.6 Å². The van der Waals surface area contributed by atoms with E-state index in [2.05, 4.69) is 10.4 Å². The first-order chi connectivity index (χ1) is 15.9. The number of nitrogens with zero attached hydrogens (tertiary/aromatic N) is 3. The van der Waals surface area contributed by atoms with E-state index in [-0.39, 0.29) is 23.8 Å². The molecule has 8 nitrogen and oxygen atoms in total. The van der Waals surface area contributed by atoms with Crippen LogP contribution in [0.5, 0.6) is 5.75 Å². The van der Waals surface area contributed by atoms with Crippen LogP contribution in [0.2, 0.25) is 0 Å². The molecule has 0 saturated carbocycles. The SMILES string of the molecule is Cc1ccc(C(=O)N2CCC(Oc3cccc4c(C5CCC(=O)NC5=O)nn(C)c34)CC2)s1. The predicted octanol–water partition coefficient (Wildman–Crippen LogP) is 3.15. The quantitative estimate of drug-likeness (QED) is 0.596. The van der Waals surface area contributed by atoms with Crippen LogP contribution in [-0.2, 0) is 16.6 Å². The Kier molecular flexibility index (Phi) is 5.65. The minimum atomic E-state index is -0.447. The molecule has 9 heteroatoms. The van der Waals surface area contributed by atoms with Gasteiger partial charge in [-0.25, -0.2) is 0 Å². The first-order valence-corrected chi connectivity index (χ1v) is 12.0. The summed E-state index contributed by atoms with van der Waals surface area (Å²) in [7, 11) is 1.84. The number of nitrogens with one attached hydrogen (secondary N) is 1. The minimum absolute atomic E-state index is 0.00123. The molecule has 5 rings (SSSR count). The Morgan fingerprint density at radius 1 is 1.15 bits per heavy atom. The number of aryl methyl sites for hydroxylation is 2. The molecule has 1 atom stereocenters. The fourth-order valence-electron chi connectivity index (χ4n) is 4.70. The number of fused-ring (bicyclic) bond motifs is 1. The summed E-state index contributed by atoms with van der Waals surface area (Å²) in [5.74, 6) is -0.166. The monoisotopic (exact) mass is 466 g/mol. The molecule has 2 aromatic heterocycles. The van der Waals surface area contributed by atoms with Gasteiger partial charge in [-0.15, -0.1) is 11.3 Å². The lowest BCUT2D eigenvalue weighted by molar-refractivity contribution is -0.134. The number of para-hydroxylation sites is 1. The molecule has 1 N–H and O–H groups in total. The zero-order valence-corrected chi connectivity index (χ0v) is 19.5. The maximum Gasteiger partial charge on any atom is 0.263 e. The average molecular weight is 467 g/mol. The van der Waals surface area contributed by atoms with Crippen LogP contribution in [0, 0.1) is 6.92 Å². The van der Waals surface area contributed by atoms with Gasteiger partial charge in [0, 0.05) is 49.7 Å². The summed E-state index contributed by atoms with van der Waals surface area (Å²) in [6, 6.07) is 9.65. The Balaban J connectivity index is 1.31. The number of imide groups is 1. The fraction of sp³-hybridized carbons (Fsp3) is 0.417. The van der Waals surface area contributed by atoms with Gasteiger partial charge in [-0.3, -0.25) is 24.4 Å². The van der Waals surface area contributed by atoms with Crippen LogP contribution in [0.25, 0.3) is 10.9 Å². The topological polar surface area (TPSA) is 93.5 Å². The lowest BCUT2D eigenvalue weighted by atomic mass is 9.93. The maximum atomic E-state index is 12.7. The number of carbonyl (C=O) groups excluding carboxylic acids is 3. The zero-order valence-electron chi connectivity index (χ0n) is 18.7. The first kappa shape index (κ1) is 21.6. The lowest BCUT2D eigenvalue weighted by Gasteiger charge is -2.32. The highest BCUT2D eigenvalue weighted by Gasteiger charge is 2.32. The van der Waals surface area contributed by atoms with Gasteiger partial charge in [-0.05, 0) is 31.5 Å². The standard InChI is InChI=1S/C24H26N4O4S/c1-14-6-8-19(33-14)24(31)28-12-10-15(11-13-28)32-18-5-3-4-16-21(26-27(2)22(16)18)17-7-9-20(29)25-23(17)30/h3-6,8,15,17H,7,9-13H2,1-2H3,(H,25,29,30). The van der Waals surface area contributed by atoms with Crippen LogP contribution >= 0.6 is 11.3 Å². The largest absolute Gasteiger partial charge is 0.488 e. The summed E-state index contributed by atoms with van der Waals surface area (Å²) in [5, 5.41) is 7.91. The third-order valence-corrected chi connectivity index (χ3v) is 7.39. The van der Waals surface area contributed by atoms with Gasteiger partial charge < -0.3 is 9.64 Å². The van der Waals surface area contributed by atoms with Crippen molar-refractivity contribution in [1.29, 1.82) is 0 Å². The van der Waals surface area contributed by atoms with E-state index < -0.39 is 5.92 Å². The van der Waals surface area contributed by atoms with Gasteiger partial charge in [0.1, 0.15) is 17.4 Å². The Morgan fingerprint density at radius 2 is 1.94 bits per heavy atom. The van der Waals surface area contributed by atoms with Crippen molar-refractivity contribution in [3.63, 3.8) is 0 Å². The summed E-state index contributed by atoms with van der Waals surface area (Å²) >= 11 is 1.53. The van der Waals surface area contributed by atoms with Crippen LogP contribution in [0.15, 0.2) is 30.3 Å². The molecular formula is C24H26N4O4S. The van der Waals surface area contributed by atoms with E-state index in [4.69, 9.17) is 4.74 Å². The van der Waals surface area contributed by atoms with Gasteiger partial charge >= 0.3 is 0 Å². The predicted molar refractivity (Wildman–Crippen MR) is 124 cm³/mol. The molecule has 4 heterocycles. The number of rotatable bonds is 4. The van der Waals surface area contributed by atoms with Gasteiger partial charge in [0.05, 0.1) is 16.5 Å². The number of hydrogen-bond acceptors (Lipinski definition) is 6. The lowest BCUT2D eigenvalue weighted by Crippen LogP contribution is -2.41. The van der Waals surface area contributed by atoms with Crippen molar-refractivity contribution in [1.82, 2.24) is 20.0 Å². The van der Waals surface area contributed by atoms with E-state index in [9.17, 15) is 14.4 Å². The molecule has 2 aliphatic heterocycles. The van der Waals surface area contributed by atoms with Gasteiger partial charge in [-0.2, -0.15) is 5.10 Å². The van der Waals surface area contributed by atoms with Crippen molar-refractivity contribution in [3.8, 4) is 5.75 Å². The molecule has 3 aromatic rings. The van der Waals surface area contributed by atoms with E-state index >= 15 is 0 Å². The third kappa shape index (κ3) is 4.13. The molecule has 0 bridgehead atoms. The molecule has 1 unspecified atom stereocenters. The van der Waals surface area contributed by atoms with Crippen LogP contribution in [0.1, 0.15) is 51.8 Å². The molecule has 172 valence electrons. The number of piperidine rings is 2. The molecule has 2 saturated heterocycles. The van der Waals surface area contributed by atoms with E-state index in [1.54, 1.807) is 4.68 Å². The summed E-state index contributed by atoms with van der Waals surface area (Å²) in [5.41, 5.74) is 1.51. The first-order valence-electron chi connectivity index (χ1n) is 11.2. The summed E-state index contributed by atoms with van der Waals surface area (Å²) in [6.45, 7) is 3.32. The number of aromatic nitrogens is 2. The minimum Gasteiger partial charge on any atom is -0.488 e. The fourth-order valence-corrected chi connectivity index (χ4v) is 5.53. The smallest absolute Gasteiger partial charge is 0.263 e. The molecule has 0 radical (unpaired) electrons. The second kappa shape index (κ2) is 8.62. The average Bonchev–Trinajstić information content (AvgIpc) is 3.38. The molecule has 2 aliphatic rings. The Hall–Kier alpha value is -3.20. The highest BCUT2D eigenvalue weighted by Crippen LogP contribution is 2.35. The summed E-state index contributed by atoms with van der Waals surface area (Å²) in [6.07, 6.45) is 2.28. The van der Waals surface area contributed by atoms with Crippen molar-refractivity contribution < 1.29 is 19.1 Å². The molecule has 1 aromatic carbocycles. The molecule has 0 aliphatic carbocycles. The summed E-state index contributed by atoms with van der Waals surface area (Å²) in [4.78, 5) is 40.5. The van der Waals surface area contributed by atoms with E-state index in [1.807, 2.05) is 49.2 Å².